The van der Waals surface area contributed by atoms with Crippen molar-refractivity contribution in [2.24, 2.45) is 0 Å². The minimum absolute atomic E-state index is 0.00361. The van der Waals surface area contributed by atoms with E-state index in [2.05, 4.69) is 20.9 Å². The predicted octanol–water partition coefficient (Wildman–Crippen LogP) is -0.299. The largest absolute Gasteiger partial charge is 0.392 e. The lowest BCUT2D eigenvalue weighted by molar-refractivity contribution is -0.119. The molecule has 7 heteroatoms. The third-order valence-electron chi connectivity index (χ3n) is 3.47. The molecule has 2 amide bonds. The van der Waals surface area contributed by atoms with Gasteiger partial charge in [-0.1, -0.05) is 6.92 Å². The van der Waals surface area contributed by atoms with Crippen molar-refractivity contribution in [2.45, 2.75) is 46.1 Å². The zero-order valence-corrected chi connectivity index (χ0v) is 14.9. The second-order valence-corrected chi connectivity index (χ2v) is 5.79. The molecular weight excluding hydrogens is 296 g/mol. The van der Waals surface area contributed by atoms with Gasteiger partial charge < -0.3 is 21.1 Å². The van der Waals surface area contributed by atoms with Crippen molar-refractivity contribution in [1.82, 2.24) is 20.9 Å². The van der Waals surface area contributed by atoms with Crippen LogP contribution in [0, 0.1) is 0 Å². The third-order valence-corrected chi connectivity index (χ3v) is 3.47. The van der Waals surface area contributed by atoms with Crippen LogP contribution in [0.1, 0.15) is 40.0 Å². The molecule has 1 unspecified atom stereocenters. The van der Waals surface area contributed by atoms with Crippen LogP contribution in [-0.4, -0.2) is 73.7 Å². The summed E-state index contributed by atoms with van der Waals surface area (Å²) in [4.78, 5) is 23.8. The molecule has 0 spiro atoms. The molecule has 4 N–H and O–H groups in total. The lowest BCUT2D eigenvalue weighted by atomic mass is 10.2. The maximum absolute atomic E-state index is 10.9. The first-order chi connectivity index (χ1) is 11.0. The molecule has 0 saturated carbocycles. The molecule has 0 rings (SSSR count). The van der Waals surface area contributed by atoms with Gasteiger partial charge in [-0.2, -0.15) is 0 Å². The van der Waals surface area contributed by atoms with Crippen LogP contribution in [0.15, 0.2) is 0 Å². The summed E-state index contributed by atoms with van der Waals surface area (Å²) in [6, 6.07) is 0. The fraction of sp³-hybridized carbons (Fsp3) is 0.875. The fourth-order valence-corrected chi connectivity index (χ4v) is 2.13. The van der Waals surface area contributed by atoms with Crippen molar-refractivity contribution in [2.75, 3.05) is 45.8 Å². The highest BCUT2D eigenvalue weighted by molar-refractivity contribution is 5.72. The van der Waals surface area contributed by atoms with Crippen LogP contribution in [0.2, 0.25) is 0 Å². The minimum Gasteiger partial charge on any atom is -0.392 e. The molecule has 0 saturated heterocycles. The van der Waals surface area contributed by atoms with Gasteiger partial charge in [0.1, 0.15) is 0 Å². The fourth-order valence-electron chi connectivity index (χ4n) is 2.13. The zero-order chi connectivity index (χ0) is 17.5. The number of rotatable bonds is 14. The van der Waals surface area contributed by atoms with E-state index in [1.165, 1.54) is 13.8 Å². The van der Waals surface area contributed by atoms with E-state index < -0.39 is 0 Å². The Hall–Kier alpha value is -1.18. The van der Waals surface area contributed by atoms with Crippen LogP contribution in [0.4, 0.5) is 0 Å². The highest BCUT2D eigenvalue weighted by Gasteiger charge is 2.09. The van der Waals surface area contributed by atoms with Crippen LogP contribution < -0.4 is 16.0 Å². The van der Waals surface area contributed by atoms with Crippen molar-refractivity contribution in [3.05, 3.63) is 0 Å². The van der Waals surface area contributed by atoms with Crippen molar-refractivity contribution >= 4 is 11.8 Å². The molecule has 0 aromatic rings. The number of hydrogen-bond donors (Lipinski definition) is 4. The number of carbonyl (C=O) groups is 2. The SMILES string of the molecule is CCC(O)CN(CCCNC(C)=O)CCNCCCNC(C)=O. The molecule has 136 valence electrons. The molecule has 0 aliphatic rings. The van der Waals surface area contributed by atoms with Crippen molar-refractivity contribution < 1.29 is 14.7 Å². The minimum atomic E-state index is -0.310. The topological polar surface area (TPSA) is 93.7 Å². The van der Waals surface area contributed by atoms with Gasteiger partial charge in [-0.15, -0.1) is 0 Å². The summed E-state index contributed by atoms with van der Waals surface area (Å²) in [6.45, 7) is 10.4. The second-order valence-electron chi connectivity index (χ2n) is 5.79. The Balaban J connectivity index is 3.82. The summed E-state index contributed by atoms with van der Waals surface area (Å²) in [5.74, 6) is -0.00474. The Morgan fingerprint density at radius 1 is 0.957 bits per heavy atom. The molecule has 0 aromatic heterocycles. The van der Waals surface area contributed by atoms with Gasteiger partial charge in [0.05, 0.1) is 6.10 Å². The number of nitrogens with one attached hydrogen (secondary N) is 3. The number of hydrogen-bond acceptors (Lipinski definition) is 5. The van der Waals surface area contributed by atoms with E-state index in [9.17, 15) is 14.7 Å². The zero-order valence-electron chi connectivity index (χ0n) is 14.9. The second kappa shape index (κ2) is 14.4. The Morgan fingerprint density at radius 2 is 1.57 bits per heavy atom. The van der Waals surface area contributed by atoms with E-state index in [4.69, 9.17) is 0 Å². The van der Waals surface area contributed by atoms with Crippen LogP contribution in [0.5, 0.6) is 0 Å². The van der Waals surface area contributed by atoms with E-state index >= 15 is 0 Å². The summed E-state index contributed by atoms with van der Waals surface area (Å²) < 4.78 is 0. The van der Waals surface area contributed by atoms with E-state index in [0.29, 0.717) is 19.6 Å². The number of amides is 2. The first-order valence-electron chi connectivity index (χ1n) is 8.55. The molecule has 0 aliphatic carbocycles. The molecule has 0 bridgehead atoms. The third kappa shape index (κ3) is 15.5. The maximum Gasteiger partial charge on any atom is 0.216 e. The number of aliphatic hydroxyl groups is 1. The van der Waals surface area contributed by atoms with Gasteiger partial charge in [0.15, 0.2) is 0 Å². The number of aliphatic hydroxyl groups excluding tert-OH is 1. The van der Waals surface area contributed by atoms with E-state index in [1.54, 1.807) is 0 Å². The molecule has 0 radical (unpaired) electrons. The molecule has 7 nitrogen and oxygen atoms in total. The highest BCUT2D eigenvalue weighted by atomic mass is 16.3. The monoisotopic (exact) mass is 330 g/mol. The van der Waals surface area contributed by atoms with Crippen LogP contribution >= 0.6 is 0 Å². The molecule has 0 fully saturated rings. The van der Waals surface area contributed by atoms with E-state index in [-0.39, 0.29) is 17.9 Å². The predicted molar refractivity (Wildman–Crippen MR) is 92.2 cm³/mol. The molecule has 0 aromatic carbocycles. The Labute approximate surface area is 140 Å². The van der Waals surface area contributed by atoms with Gasteiger partial charge in [-0.05, 0) is 32.4 Å². The van der Waals surface area contributed by atoms with Crippen LogP contribution in [0.3, 0.4) is 0 Å². The molecule has 23 heavy (non-hydrogen) atoms. The normalized spacial score (nSPS) is 12.2. The summed E-state index contributed by atoms with van der Waals surface area (Å²) >= 11 is 0. The van der Waals surface area contributed by atoms with E-state index in [1.807, 2.05) is 6.92 Å². The van der Waals surface area contributed by atoms with Gasteiger partial charge >= 0.3 is 0 Å². The first-order valence-corrected chi connectivity index (χ1v) is 8.55. The Kier molecular flexibility index (Phi) is 13.7. The van der Waals surface area contributed by atoms with Crippen LogP contribution in [0.25, 0.3) is 0 Å². The smallest absolute Gasteiger partial charge is 0.216 e. The van der Waals surface area contributed by atoms with Crippen molar-refractivity contribution in [1.29, 1.82) is 0 Å². The van der Waals surface area contributed by atoms with Gasteiger partial charge in [0.2, 0.25) is 11.8 Å². The first kappa shape index (κ1) is 21.8. The standard InChI is InChI=1S/C16H34N4O3/c1-4-16(23)13-20(11-6-9-19-15(3)22)12-10-17-7-5-8-18-14(2)21/h16-17,23H,4-13H2,1-3H3,(H,18,21)(H,19,22). The van der Waals surface area contributed by atoms with Crippen LogP contribution in [-0.2, 0) is 9.59 Å². The lowest BCUT2D eigenvalue weighted by Crippen LogP contribution is -2.39. The molecule has 0 aliphatic heterocycles. The van der Waals surface area contributed by atoms with E-state index in [0.717, 1.165) is 45.4 Å². The Morgan fingerprint density at radius 3 is 2.13 bits per heavy atom. The van der Waals surface area contributed by atoms with Crippen molar-refractivity contribution in [3.8, 4) is 0 Å². The van der Waals surface area contributed by atoms with Gasteiger partial charge in [0.25, 0.3) is 0 Å². The highest BCUT2D eigenvalue weighted by Crippen LogP contribution is 1.98. The number of nitrogens with zero attached hydrogens (tertiary/aromatic N) is 1. The lowest BCUT2D eigenvalue weighted by Gasteiger charge is -2.25. The summed E-state index contributed by atoms with van der Waals surface area (Å²) in [5.41, 5.74) is 0. The molecule has 0 heterocycles. The van der Waals surface area contributed by atoms with Gasteiger partial charge in [-0.25, -0.2) is 0 Å². The summed E-state index contributed by atoms with van der Waals surface area (Å²) in [7, 11) is 0. The van der Waals surface area contributed by atoms with Crippen molar-refractivity contribution in [3.63, 3.8) is 0 Å². The molecular formula is C16H34N4O3. The van der Waals surface area contributed by atoms with Gasteiger partial charge in [-0.3, -0.25) is 14.5 Å². The maximum atomic E-state index is 10.9. The average molecular weight is 330 g/mol. The summed E-state index contributed by atoms with van der Waals surface area (Å²) in [6.07, 6.45) is 2.21. The van der Waals surface area contributed by atoms with Gasteiger partial charge in [0, 0.05) is 46.6 Å². The Bertz CT molecular complexity index is 326. The molecule has 1 atom stereocenters. The summed E-state index contributed by atoms with van der Waals surface area (Å²) in [5, 5.41) is 18.7. The number of carbonyl (C=O) groups excluding carboxylic acids is 2. The quantitative estimate of drug-likeness (QED) is 0.328. The average Bonchev–Trinajstić information content (AvgIpc) is 2.49.